The van der Waals surface area contributed by atoms with Crippen LogP contribution < -0.4 is 5.32 Å². The summed E-state index contributed by atoms with van der Waals surface area (Å²) >= 11 is 1.82. The van der Waals surface area contributed by atoms with Crippen molar-refractivity contribution in [2.45, 2.75) is 6.04 Å². The van der Waals surface area contributed by atoms with E-state index in [-0.39, 0.29) is 18.0 Å². The number of hydrogen-bond acceptors (Lipinski definition) is 4. The summed E-state index contributed by atoms with van der Waals surface area (Å²) in [5.41, 5.74) is 0. The SMILES string of the molecule is CN(C)C(=O)N1CCN(C(=O)C2CSCCN2)CC1. The van der Waals surface area contributed by atoms with Crippen LogP contribution in [0.4, 0.5) is 4.79 Å². The van der Waals surface area contributed by atoms with Crippen LogP contribution >= 0.6 is 11.8 Å². The van der Waals surface area contributed by atoms with Crippen molar-refractivity contribution in [3.8, 4) is 0 Å². The summed E-state index contributed by atoms with van der Waals surface area (Å²) in [7, 11) is 3.51. The van der Waals surface area contributed by atoms with Crippen molar-refractivity contribution in [2.75, 3.05) is 58.3 Å². The van der Waals surface area contributed by atoms with E-state index in [1.807, 2.05) is 16.7 Å². The van der Waals surface area contributed by atoms with Crippen molar-refractivity contribution >= 4 is 23.7 Å². The first kappa shape index (κ1) is 14.5. The average Bonchev–Trinajstić information content (AvgIpc) is 2.46. The molecule has 0 aliphatic carbocycles. The number of thioether (sulfide) groups is 1. The maximum atomic E-state index is 12.3. The molecule has 0 aromatic heterocycles. The molecule has 0 bridgehead atoms. The molecule has 0 spiro atoms. The Bertz CT molecular complexity index is 337. The first-order valence-corrected chi connectivity index (χ1v) is 7.81. The Morgan fingerprint density at radius 2 is 1.79 bits per heavy atom. The van der Waals surface area contributed by atoms with Gasteiger partial charge >= 0.3 is 6.03 Å². The lowest BCUT2D eigenvalue weighted by atomic mass is 10.2. The highest BCUT2D eigenvalue weighted by molar-refractivity contribution is 7.99. The van der Waals surface area contributed by atoms with Gasteiger partial charge in [-0.05, 0) is 0 Å². The minimum atomic E-state index is -0.0464. The van der Waals surface area contributed by atoms with Gasteiger partial charge in [0.25, 0.3) is 0 Å². The van der Waals surface area contributed by atoms with Gasteiger partial charge in [0.2, 0.25) is 5.91 Å². The zero-order valence-electron chi connectivity index (χ0n) is 11.6. The van der Waals surface area contributed by atoms with E-state index in [0.717, 1.165) is 18.1 Å². The fourth-order valence-electron chi connectivity index (χ4n) is 2.35. The maximum absolute atomic E-state index is 12.3. The molecule has 6 nitrogen and oxygen atoms in total. The zero-order valence-corrected chi connectivity index (χ0v) is 12.4. The summed E-state index contributed by atoms with van der Waals surface area (Å²) in [6.07, 6.45) is 0. The molecule has 2 fully saturated rings. The second-order valence-corrected chi connectivity index (χ2v) is 6.22. The minimum Gasteiger partial charge on any atom is -0.338 e. The predicted molar refractivity (Wildman–Crippen MR) is 76.4 cm³/mol. The fraction of sp³-hybridized carbons (Fsp3) is 0.833. The van der Waals surface area contributed by atoms with E-state index >= 15 is 0 Å². The molecule has 2 rings (SSSR count). The molecular weight excluding hydrogens is 264 g/mol. The summed E-state index contributed by atoms with van der Waals surface area (Å²) in [6.45, 7) is 3.44. The van der Waals surface area contributed by atoms with E-state index in [1.165, 1.54) is 0 Å². The van der Waals surface area contributed by atoms with Crippen molar-refractivity contribution in [1.29, 1.82) is 0 Å². The van der Waals surface area contributed by atoms with Crippen LogP contribution in [0.1, 0.15) is 0 Å². The van der Waals surface area contributed by atoms with Gasteiger partial charge in [0.1, 0.15) is 0 Å². The van der Waals surface area contributed by atoms with Gasteiger partial charge in [-0.25, -0.2) is 4.79 Å². The zero-order chi connectivity index (χ0) is 13.8. The smallest absolute Gasteiger partial charge is 0.319 e. The van der Waals surface area contributed by atoms with Gasteiger partial charge in [-0.1, -0.05) is 0 Å². The number of amides is 3. The normalized spacial score (nSPS) is 24.2. The Morgan fingerprint density at radius 1 is 1.16 bits per heavy atom. The highest BCUT2D eigenvalue weighted by Gasteiger charge is 2.30. The Labute approximate surface area is 118 Å². The van der Waals surface area contributed by atoms with Crippen LogP contribution in [-0.2, 0) is 4.79 Å². The molecule has 108 valence electrons. The molecule has 2 aliphatic rings. The molecule has 1 N–H and O–H groups in total. The van der Waals surface area contributed by atoms with Crippen LogP contribution in [0.2, 0.25) is 0 Å². The van der Waals surface area contributed by atoms with Gasteiger partial charge in [0.05, 0.1) is 6.04 Å². The molecule has 2 saturated heterocycles. The van der Waals surface area contributed by atoms with E-state index in [9.17, 15) is 9.59 Å². The molecule has 2 heterocycles. The number of carbonyl (C=O) groups is 2. The molecule has 0 aromatic rings. The van der Waals surface area contributed by atoms with Gasteiger partial charge in [0, 0.05) is 58.3 Å². The molecule has 1 unspecified atom stereocenters. The number of rotatable bonds is 1. The summed E-state index contributed by atoms with van der Waals surface area (Å²) < 4.78 is 0. The number of carbonyl (C=O) groups excluding carboxylic acids is 2. The van der Waals surface area contributed by atoms with E-state index in [2.05, 4.69) is 5.32 Å². The van der Waals surface area contributed by atoms with Crippen molar-refractivity contribution in [2.24, 2.45) is 0 Å². The Kier molecular flexibility index (Phi) is 4.93. The lowest BCUT2D eigenvalue weighted by molar-refractivity contribution is -0.134. The van der Waals surface area contributed by atoms with Crippen molar-refractivity contribution in [3.05, 3.63) is 0 Å². The molecule has 0 aromatic carbocycles. The number of nitrogens with zero attached hydrogens (tertiary/aromatic N) is 3. The Morgan fingerprint density at radius 3 is 2.32 bits per heavy atom. The van der Waals surface area contributed by atoms with Crippen LogP contribution in [0.3, 0.4) is 0 Å². The third-order valence-electron chi connectivity index (χ3n) is 3.46. The van der Waals surface area contributed by atoms with Gasteiger partial charge in [-0.2, -0.15) is 11.8 Å². The summed E-state index contributed by atoms with van der Waals surface area (Å²) in [5.74, 6) is 2.12. The molecular formula is C12H22N4O2S. The monoisotopic (exact) mass is 286 g/mol. The van der Waals surface area contributed by atoms with Crippen molar-refractivity contribution in [1.82, 2.24) is 20.0 Å². The Balaban J connectivity index is 1.82. The van der Waals surface area contributed by atoms with Crippen LogP contribution in [0.15, 0.2) is 0 Å². The van der Waals surface area contributed by atoms with E-state index in [0.29, 0.717) is 26.2 Å². The lowest BCUT2D eigenvalue weighted by Gasteiger charge is -2.38. The highest BCUT2D eigenvalue weighted by atomic mass is 32.2. The van der Waals surface area contributed by atoms with E-state index < -0.39 is 0 Å². The maximum Gasteiger partial charge on any atom is 0.319 e. The van der Waals surface area contributed by atoms with E-state index in [4.69, 9.17) is 0 Å². The van der Waals surface area contributed by atoms with Gasteiger partial charge in [-0.3, -0.25) is 4.79 Å². The standard InChI is InChI=1S/C12H22N4O2S/c1-14(2)12(18)16-6-4-15(5-7-16)11(17)10-9-19-8-3-13-10/h10,13H,3-9H2,1-2H3. The summed E-state index contributed by atoms with van der Waals surface area (Å²) in [5, 5.41) is 3.27. The molecule has 2 aliphatic heterocycles. The Hall–Kier alpha value is -0.950. The topological polar surface area (TPSA) is 55.9 Å². The molecule has 1 atom stereocenters. The van der Waals surface area contributed by atoms with Crippen molar-refractivity contribution < 1.29 is 9.59 Å². The molecule has 7 heteroatoms. The molecule has 3 amide bonds. The number of piperazine rings is 1. The third kappa shape index (κ3) is 3.54. The summed E-state index contributed by atoms with van der Waals surface area (Å²) in [4.78, 5) is 29.4. The summed E-state index contributed by atoms with van der Waals surface area (Å²) in [6, 6.07) is -0.0201. The molecule has 0 radical (unpaired) electrons. The predicted octanol–water partition coefficient (Wildman–Crippen LogP) is -0.483. The van der Waals surface area contributed by atoms with Crippen molar-refractivity contribution in [3.63, 3.8) is 0 Å². The van der Waals surface area contributed by atoms with Gasteiger partial charge < -0.3 is 20.0 Å². The van der Waals surface area contributed by atoms with Crippen LogP contribution in [0, 0.1) is 0 Å². The van der Waals surface area contributed by atoms with Crippen LogP contribution in [0.5, 0.6) is 0 Å². The highest BCUT2D eigenvalue weighted by Crippen LogP contribution is 2.12. The van der Waals surface area contributed by atoms with Crippen LogP contribution in [-0.4, -0.2) is 91.0 Å². The first-order valence-electron chi connectivity index (χ1n) is 6.65. The fourth-order valence-corrected chi connectivity index (χ4v) is 3.27. The number of hydrogen-bond donors (Lipinski definition) is 1. The molecule has 0 saturated carbocycles. The average molecular weight is 286 g/mol. The molecule has 19 heavy (non-hydrogen) atoms. The van der Waals surface area contributed by atoms with E-state index in [1.54, 1.807) is 23.9 Å². The minimum absolute atomic E-state index is 0.0263. The number of nitrogens with one attached hydrogen (secondary N) is 1. The quantitative estimate of drug-likeness (QED) is 0.707. The van der Waals surface area contributed by atoms with Crippen LogP contribution in [0.25, 0.3) is 0 Å². The number of urea groups is 1. The van der Waals surface area contributed by atoms with Gasteiger partial charge in [0.15, 0.2) is 0 Å². The second kappa shape index (κ2) is 6.47. The second-order valence-electron chi connectivity index (χ2n) is 5.07. The largest absolute Gasteiger partial charge is 0.338 e. The third-order valence-corrected chi connectivity index (χ3v) is 4.53. The first-order chi connectivity index (χ1) is 9.09. The lowest BCUT2D eigenvalue weighted by Crippen LogP contribution is -2.57. The van der Waals surface area contributed by atoms with Gasteiger partial charge in [-0.15, -0.1) is 0 Å².